The molecule has 1 N–H and O–H groups in total. The number of nitrogens with zero attached hydrogens (tertiary/aromatic N) is 1. The minimum atomic E-state index is -4.70. The van der Waals surface area contributed by atoms with Crippen LogP contribution in [0.2, 0.25) is 0 Å². The smallest absolute Gasteiger partial charge is 0.306 e. The Labute approximate surface area is 542 Å². The lowest BCUT2D eigenvalue weighted by Gasteiger charge is -2.30. The van der Waals surface area contributed by atoms with Crippen LogP contribution in [0.4, 0.5) is 0 Å². The molecule has 0 fully saturated rings. The molecule has 0 aromatic heterocycles. The van der Waals surface area contributed by atoms with Gasteiger partial charge in [0.05, 0.1) is 33.8 Å². The number of phosphoric ester groups is 1. The summed E-state index contributed by atoms with van der Waals surface area (Å²) in [4.78, 5) is 40.3. The molecule has 0 aromatic rings. The Balaban J connectivity index is 4.97. The standard InChI is InChI=1S/C77H149N2O7P/c1-7-10-13-16-19-22-25-28-30-32-34-36-37-38-39-40-41-43-45-47-49-52-55-58-61-64-67-70-77(81)86-75(68-65-62-59-56-53-50-27-24-21-18-15-12-9-3)74(73-85-87(82,83)84-72-71-79(4,5)6)78-76(80)69-66-63-60-57-54-51-48-46-44-42-35-33-31-29-26-23-20-17-14-11-8-2/h20,23,29,31,65,68,74-75H,7-19,21-22,24-28,30,32-64,66-67,69-73H2,1-6H3,(H-,78,80,82,83)/b23-20-,31-29-,68-65-. The Morgan fingerprint density at radius 3 is 1.06 bits per heavy atom. The molecule has 0 bridgehead atoms. The lowest BCUT2D eigenvalue weighted by atomic mass is 10.0. The van der Waals surface area contributed by atoms with E-state index in [1.165, 1.54) is 295 Å². The number of carbonyl (C=O) groups is 2. The zero-order valence-electron chi connectivity index (χ0n) is 59.0. The van der Waals surface area contributed by atoms with E-state index in [1.807, 2.05) is 33.3 Å². The predicted molar refractivity (Wildman–Crippen MR) is 376 cm³/mol. The summed E-state index contributed by atoms with van der Waals surface area (Å²) in [5.41, 5.74) is 0. The summed E-state index contributed by atoms with van der Waals surface area (Å²) in [6.07, 6.45) is 84.3. The highest BCUT2D eigenvalue weighted by Crippen LogP contribution is 2.38. The number of rotatable bonds is 71. The lowest BCUT2D eigenvalue weighted by molar-refractivity contribution is -0.870. The van der Waals surface area contributed by atoms with E-state index in [0.29, 0.717) is 17.4 Å². The monoisotopic (exact) mass is 1250 g/mol. The van der Waals surface area contributed by atoms with E-state index in [4.69, 9.17) is 13.8 Å². The Morgan fingerprint density at radius 1 is 0.402 bits per heavy atom. The molecule has 0 heterocycles. The van der Waals surface area contributed by atoms with E-state index in [9.17, 15) is 19.0 Å². The third-order valence-electron chi connectivity index (χ3n) is 17.6. The highest BCUT2D eigenvalue weighted by Gasteiger charge is 2.27. The van der Waals surface area contributed by atoms with Crippen LogP contribution in [0, 0.1) is 0 Å². The number of quaternary nitrogens is 1. The molecule has 9 nitrogen and oxygen atoms in total. The van der Waals surface area contributed by atoms with Crippen molar-refractivity contribution in [3.8, 4) is 0 Å². The van der Waals surface area contributed by atoms with Crippen LogP contribution in [0.5, 0.6) is 0 Å². The number of carbonyl (C=O) groups excluding carboxylic acids is 2. The zero-order chi connectivity index (χ0) is 63.5. The second-order valence-corrected chi connectivity index (χ2v) is 28.9. The minimum absolute atomic E-state index is 0.0197. The van der Waals surface area contributed by atoms with Crippen LogP contribution in [0.15, 0.2) is 36.5 Å². The normalized spacial score (nSPS) is 13.6. The van der Waals surface area contributed by atoms with Gasteiger partial charge in [0.2, 0.25) is 5.91 Å². The number of nitrogens with one attached hydrogen (secondary N) is 1. The van der Waals surface area contributed by atoms with Crippen molar-refractivity contribution in [3.05, 3.63) is 36.5 Å². The fraction of sp³-hybridized carbons (Fsp3) is 0.896. The number of esters is 1. The molecule has 0 saturated carbocycles. The van der Waals surface area contributed by atoms with Crippen LogP contribution in [0.3, 0.4) is 0 Å². The van der Waals surface area contributed by atoms with Gasteiger partial charge in [-0.1, -0.05) is 353 Å². The molecule has 0 aliphatic rings. The maximum Gasteiger partial charge on any atom is 0.306 e. The fourth-order valence-electron chi connectivity index (χ4n) is 11.7. The molecular formula is C77H149N2O7P. The van der Waals surface area contributed by atoms with Gasteiger partial charge in [-0.05, 0) is 63.9 Å². The Hall–Kier alpha value is -1.77. The fourth-order valence-corrected chi connectivity index (χ4v) is 12.4. The van der Waals surface area contributed by atoms with Crippen LogP contribution >= 0.6 is 7.82 Å². The van der Waals surface area contributed by atoms with E-state index in [-0.39, 0.29) is 31.5 Å². The second kappa shape index (κ2) is 67.1. The molecular weight excluding hydrogens is 1100 g/mol. The van der Waals surface area contributed by atoms with Crippen molar-refractivity contribution in [1.82, 2.24) is 5.32 Å². The number of ether oxygens (including phenoxy) is 1. The van der Waals surface area contributed by atoms with Crippen LogP contribution in [0.1, 0.15) is 393 Å². The molecule has 514 valence electrons. The summed E-state index contributed by atoms with van der Waals surface area (Å²) >= 11 is 0. The maximum atomic E-state index is 13.6. The molecule has 0 saturated heterocycles. The first-order valence-electron chi connectivity index (χ1n) is 38.3. The quantitative estimate of drug-likeness (QED) is 0.0212. The summed E-state index contributed by atoms with van der Waals surface area (Å²) in [6, 6.07) is -0.887. The Kier molecular flexibility index (Phi) is 65.8. The zero-order valence-corrected chi connectivity index (χ0v) is 59.9. The van der Waals surface area contributed by atoms with Crippen LogP contribution in [0.25, 0.3) is 0 Å². The van der Waals surface area contributed by atoms with Gasteiger partial charge in [-0.3, -0.25) is 14.2 Å². The minimum Gasteiger partial charge on any atom is -0.756 e. The average Bonchev–Trinajstić information content (AvgIpc) is 3.69. The van der Waals surface area contributed by atoms with Crippen molar-refractivity contribution in [2.45, 2.75) is 405 Å². The molecule has 0 aliphatic heterocycles. The molecule has 0 rings (SSSR count). The largest absolute Gasteiger partial charge is 0.756 e. The molecule has 0 radical (unpaired) electrons. The average molecular weight is 1250 g/mol. The molecule has 3 atom stereocenters. The van der Waals surface area contributed by atoms with Gasteiger partial charge in [0.1, 0.15) is 19.3 Å². The lowest BCUT2D eigenvalue weighted by Crippen LogP contribution is -2.47. The van der Waals surface area contributed by atoms with Crippen molar-refractivity contribution in [2.24, 2.45) is 0 Å². The number of hydrogen-bond donors (Lipinski definition) is 1. The number of unbranched alkanes of at least 4 members (excludes halogenated alkanes) is 51. The summed E-state index contributed by atoms with van der Waals surface area (Å²) in [5, 5.41) is 3.05. The number of allylic oxidation sites excluding steroid dienone is 5. The molecule has 0 aromatic carbocycles. The first kappa shape index (κ1) is 85.2. The van der Waals surface area contributed by atoms with Gasteiger partial charge >= 0.3 is 5.97 Å². The Morgan fingerprint density at radius 2 is 0.701 bits per heavy atom. The van der Waals surface area contributed by atoms with E-state index in [1.54, 1.807) is 0 Å². The summed E-state index contributed by atoms with van der Waals surface area (Å²) in [6.45, 7) is 6.89. The molecule has 0 spiro atoms. The van der Waals surface area contributed by atoms with Crippen molar-refractivity contribution in [1.29, 1.82) is 0 Å². The van der Waals surface area contributed by atoms with Gasteiger partial charge in [-0.25, -0.2) is 0 Å². The van der Waals surface area contributed by atoms with Crippen LogP contribution in [-0.2, 0) is 27.9 Å². The van der Waals surface area contributed by atoms with Gasteiger partial charge in [-0.15, -0.1) is 0 Å². The summed E-state index contributed by atoms with van der Waals surface area (Å²) in [7, 11) is 1.20. The number of likely N-dealkylation sites (N-methyl/N-ethyl adjacent to an activating group) is 1. The van der Waals surface area contributed by atoms with Gasteiger partial charge in [0, 0.05) is 12.8 Å². The summed E-state index contributed by atoms with van der Waals surface area (Å²) < 4.78 is 30.5. The first-order chi connectivity index (χ1) is 42.4. The second-order valence-electron chi connectivity index (χ2n) is 27.5. The molecule has 87 heavy (non-hydrogen) atoms. The van der Waals surface area contributed by atoms with Gasteiger partial charge in [0.15, 0.2) is 0 Å². The van der Waals surface area contributed by atoms with Crippen LogP contribution < -0.4 is 10.2 Å². The van der Waals surface area contributed by atoms with Crippen LogP contribution in [-0.4, -0.2) is 69.4 Å². The van der Waals surface area contributed by atoms with E-state index >= 15 is 0 Å². The van der Waals surface area contributed by atoms with Gasteiger partial charge in [-0.2, -0.15) is 0 Å². The van der Waals surface area contributed by atoms with Gasteiger partial charge < -0.3 is 28.5 Å². The van der Waals surface area contributed by atoms with E-state index in [2.05, 4.69) is 50.4 Å². The number of phosphoric acid groups is 1. The number of hydrogen-bond acceptors (Lipinski definition) is 7. The molecule has 10 heteroatoms. The SMILES string of the molecule is CCCCC/C=C\C/C=C\CCCCCCCCCCCCCC(=O)NC(COP(=O)([O-])OCC[N+](C)(C)C)C(/C=C\CCCCCCCCCCCCC)OC(=O)CCCCCCCCCCCCCCCCCCCCCCCCCCCCC. The number of amides is 1. The maximum absolute atomic E-state index is 13.6. The Bertz CT molecular complexity index is 1580. The topological polar surface area (TPSA) is 114 Å². The highest BCUT2D eigenvalue weighted by molar-refractivity contribution is 7.45. The van der Waals surface area contributed by atoms with Gasteiger partial charge in [0.25, 0.3) is 7.82 Å². The van der Waals surface area contributed by atoms with Crippen molar-refractivity contribution >= 4 is 19.7 Å². The van der Waals surface area contributed by atoms with Crippen molar-refractivity contribution in [3.63, 3.8) is 0 Å². The first-order valence-corrected chi connectivity index (χ1v) is 39.8. The van der Waals surface area contributed by atoms with Crippen molar-refractivity contribution < 1.29 is 37.3 Å². The molecule has 3 unspecified atom stereocenters. The molecule has 1 amide bonds. The third kappa shape index (κ3) is 68.4. The predicted octanol–water partition coefficient (Wildman–Crippen LogP) is 23.9. The van der Waals surface area contributed by atoms with E-state index in [0.717, 1.165) is 64.2 Å². The highest BCUT2D eigenvalue weighted by atomic mass is 31.2. The third-order valence-corrected chi connectivity index (χ3v) is 18.5. The van der Waals surface area contributed by atoms with E-state index < -0.39 is 20.0 Å². The molecule has 0 aliphatic carbocycles. The summed E-state index contributed by atoms with van der Waals surface area (Å²) in [5.74, 6) is -0.520. The van der Waals surface area contributed by atoms with Crippen molar-refractivity contribution in [2.75, 3.05) is 40.9 Å².